The van der Waals surface area contributed by atoms with Gasteiger partial charge >= 0.3 is 0 Å². The number of aryl methyl sites for hydroxylation is 1. The SMILES string of the molecule is Cc1ccccc1CC(=O)Cc1c(Cl)cccc1Cl. The minimum absolute atomic E-state index is 0.115. The normalized spacial score (nSPS) is 10.5. The molecule has 0 heterocycles. The molecule has 0 spiro atoms. The van der Waals surface area contributed by atoms with Crippen molar-refractivity contribution in [1.82, 2.24) is 0 Å². The third-order valence-electron chi connectivity index (χ3n) is 3.08. The number of benzene rings is 2. The average Bonchev–Trinajstić information content (AvgIpc) is 2.37. The second-order valence-electron chi connectivity index (χ2n) is 4.52. The highest BCUT2D eigenvalue weighted by molar-refractivity contribution is 6.36. The number of ketones is 1. The summed E-state index contributed by atoms with van der Waals surface area (Å²) in [6, 6.07) is 13.2. The summed E-state index contributed by atoms with van der Waals surface area (Å²) in [5.41, 5.74) is 2.89. The van der Waals surface area contributed by atoms with Crippen molar-refractivity contribution in [3.63, 3.8) is 0 Å². The van der Waals surface area contributed by atoms with Gasteiger partial charge in [-0.2, -0.15) is 0 Å². The van der Waals surface area contributed by atoms with Gasteiger partial charge in [0, 0.05) is 22.9 Å². The fraction of sp³-hybridized carbons (Fsp3) is 0.188. The van der Waals surface area contributed by atoms with Gasteiger partial charge in [0.15, 0.2) is 0 Å². The van der Waals surface area contributed by atoms with Crippen LogP contribution in [-0.4, -0.2) is 5.78 Å². The molecule has 98 valence electrons. The van der Waals surface area contributed by atoms with Crippen molar-refractivity contribution in [3.05, 3.63) is 69.2 Å². The predicted octanol–water partition coefficient (Wildman–Crippen LogP) is 4.66. The van der Waals surface area contributed by atoms with Gasteiger partial charge in [-0.15, -0.1) is 0 Å². The molecule has 0 aliphatic carbocycles. The van der Waals surface area contributed by atoms with Crippen molar-refractivity contribution in [3.8, 4) is 0 Å². The van der Waals surface area contributed by atoms with Gasteiger partial charge in [-0.05, 0) is 35.7 Å². The molecule has 2 aromatic carbocycles. The average molecular weight is 293 g/mol. The summed E-state index contributed by atoms with van der Waals surface area (Å²) >= 11 is 12.1. The molecular formula is C16H14Cl2O. The fourth-order valence-electron chi connectivity index (χ4n) is 1.98. The molecular weight excluding hydrogens is 279 g/mol. The third kappa shape index (κ3) is 3.59. The van der Waals surface area contributed by atoms with Gasteiger partial charge < -0.3 is 0 Å². The number of hydrogen-bond acceptors (Lipinski definition) is 1. The van der Waals surface area contributed by atoms with Crippen molar-refractivity contribution in [1.29, 1.82) is 0 Å². The largest absolute Gasteiger partial charge is 0.299 e. The first-order chi connectivity index (χ1) is 9.08. The zero-order valence-corrected chi connectivity index (χ0v) is 12.1. The van der Waals surface area contributed by atoms with Crippen molar-refractivity contribution < 1.29 is 4.79 Å². The van der Waals surface area contributed by atoms with E-state index in [9.17, 15) is 4.79 Å². The molecule has 0 N–H and O–H groups in total. The number of hydrogen-bond donors (Lipinski definition) is 0. The first-order valence-electron chi connectivity index (χ1n) is 6.07. The summed E-state index contributed by atoms with van der Waals surface area (Å²) in [6.45, 7) is 2.01. The topological polar surface area (TPSA) is 17.1 Å². The van der Waals surface area contributed by atoms with Crippen LogP contribution in [0.15, 0.2) is 42.5 Å². The van der Waals surface area contributed by atoms with Crippen LogP contribution in [-0.2, 0) is 17.6 Å². The number of rotatable bonds is 4. The van der Waals surface area contributed by atoms with E-state index < -0.39 is 0 Å². The van der Waals surface area contributed by atoms with Crippen LogP contribution in [0.25, 0.3) is 0 Å². The van der Waals surface area contributed by atoms with Crippen molar-refractivity contribution in [2.45, 2.75) is 19.8 Å². The van der Waals surface area contributed by atoms with Gasteiger partial charge in [-0.25, -0.2) is 0 Å². The highest BCUT2D eigenvalue weighted by atomic mass is 35.5. The summed E-state index contributed by atoms with van der Waals surface area (Å²) in [5, 5.41) is 1.09. The third-order valence-corrected chi connectivity index (χ3v) is 3.79. The Labute approximate surface area is 123 Å². The van der Waals surface area contributed by atoms with Crippen molar-refractivity contribution in [2.75, 3.05) is 0 Å². The molecule has 0 radical (unpaired) electrons. The van der Waals surface area contributed by atoms with Crippen LogP contribution in [0.5, 0.6) is 0 Å². The molecule has 0 unspecified atom stereocenters. The molecule has 0 bridgehead atoms. The predicted molar refractivity (Wildman–Crippen MR) is 80.1 cm³/mol. The lowest BCUT2D eigenvalue weighted by atomic mass is 9.99. The van der Waals surface area contributed by atoms with Gasteiger partial charge in [0.1, 0.15) is 5.78 Å². The van der Waals surface area contributed by atoms with E-state index in [0.29, 0.717) is 22.0 Å². The maximum Gasteiger partial charge on any atom is 0.141 e. The first-order valence-corrected chi connectivity index (χ1v) is 6.82. The number of carbonyl (C=O) groups is 1. The number of carbonyl (C=O) groups excluding carboxylic acids is 1. The smallest absolute Gasteiger partial charge is 0.141 e. The summed E-state index contributed by atoms with van der Waals surface area (Å²) in [6.07, 6.45) is 0.682. The van der Waals surface area contributed by atoms with Crippen molar-refractivity contribution >= 4 is 29.0 Å². The Balaban J connectivity index is 2.12. The standard InChI is InChI=1S/C16H14Cl2O/c1-11-5-2-3-6-12(11)9-13(19)10-14-15(17)7-4-8-16(14)18/h2-8H,9-10H2,1H3. The molecule has 0 fully saturated rings. The molecule has 0 saturated heterocycles. The highest BCUT2D eigenvalue weighted by Gasteiger charge is 2.12. The first kappa shape index (κ1) is 14.1. The molecule has 0 aliphatic rings. The Morgan fingerprint density at radius 2 is 1.58 bits per heavy atom. The van der Waals surface area contributed by atoms with E-state index in [4.69, 9.17) is 23.2 Å². The van der Waals surface area contributed by atoms with Crippen LogP contribution in [0.2, 0.25) is 10.0 Å². The zero-order valence-electron chi connectivity index (χ0n) is 10.6. The van der Waals surface area contributed by atoms with Gasteiger partial charge in [-0.3, -0.25) is 4.79 Å². The van der Waals surface area contributed by atoms with Gasteiger partial charge in [0.2, 0.25) is 0 Å². The molecule has 3 heteroatoms. The summed E-state index contributed by atoms with van der Waals surface area (Å²) in [7, 11) is 0. The lowest BCUT2D eigenvalue weighted by Gasteiger charge is -2.07. The van der Waals surface area contributed by atoms with Crippen LogP contribution >= 0.6 is 23.2 Å². The van der Waals surface area contributed by atoms with Gasteiger partial charge in [0.05, 0.1) is 0 Å². The van der Waals surface area contributed by atoms with Gasteiger partial charge in [0.25, 0.3) is 0 Å². The monoisotopic (exact) mass is 292 g/mol. The molecule has 0 amide bonds. The van der Waals surface area contributed by atoms with E-state index in [1.165, 1.54) is 0 Å². The lowest BCUT2D eigenvalue weighted by molar-refractivity contribution is -0.117. The molecule has 1 nitrogen and oxygen atoms in total. The van der Waals surface area contributed by atoms with Crippen LogP contribution in [0.1, 0.15) is 16.7 Å². The maximum atomic E-state index is 12.1. The molecule has 0 aliphatic heterocycles. The Morgan fingerprint density at radius 3 is 2.21 bits per heavy atom. The molecule has 0 atom stereocenters. The second-order valence-corrected chi connectivity index (χ2v) is 5.33. The minimum Gasteiger partial charge on any atom is -0.299 e. The summed E-state index contributed by atoms with van der Waals surface area (Å²) in [5.74, 6) is 0.115. The van der Waals surface area contributed by atoms with Crippen LogP contribution in [0, 0.1) is 6.92 Å². The van der Waals surface area contributed by atoms with Crippen LogP contribution < -0.4 is 0 Å². The highest BCUT2D eigenvalue weighted by Crippen LogP contribution is 2.25. The Morgan fingerprint density at radius 1 is 0.947 bits per heavy atom. The fourth-order valence-corrected chi connectivity index (χ4v) is 2.51. The molecule has 0 saturated carbocycles. The van der Waals surface area contributed by atoms with E-state index >= 15 is 0 Å². The number of halogens is 2. The lowest BCUT2D eigenvalue weighted by Crippen LogP contribution is -2.08. The van der Waals surface area contributed by atoms with Crippen molar-refractivity contribution in [2.24, 2.45) is 0 Å². The number of Topliss-reactive ketones (excluding diaryl/α,β-unsaturated/α-hetero) is 1. The molecule has 2 rings (SSSR count). The molecule has 19 heavy (non-hydrogen) atoms. The zero-order chi connectivity index (χ0) is 13.8. The van der Waals surface area contributed by atoms with Crippen LogP contribution in [0.3, 0.4) is 0 Å². The summed E-state index contributed by atoms with van der Waals surface area (Å²) in [4.78, 5) is 12.1. The van der Waals surface area contributed by atoms with Crippen LogP contribution in [0.4, 0.5) is 0 Å². The van der Waals surface area contributed by atoms with E-state index in [1.807, 2.05) is 31.2 Å². The molecule has 2 aromatic rings. The Bertz CT molecular complexity index is 585. The van der Waals surface area contributed by atoms with E-state index in [-0.39, 0.29) is 12.2 Å². The maximum absolute atomic E-state index is 12.1. The quantitative estimate of drug-likeness (QED) is 0.801. The Hall–Kier alpha value is -1.31. The van der Waals surface area contributed by atoms with E-state index in [2.05, 4.69) is 0 Å². The Kier molecular flexibility index (Phi) is 4.62. The summed E-state index contributed by atoms with van der Waals surface area (Å²) < 4.78 is 0. The van der Waals surface area contributed by atoms with Gasteiger partial charge in [-0.1, -0.05) is 53.5 Å². The van der Waals surface area contributed by atoms with E-state index in [1.54, 1.807) is 18.2 Å². The van der Waals surface area contributed by atoms with E-state index in [0.717, 1.165) is 11.1 Å². The molecule has 0 aromatic heterocycles. The minimum atomic E-state index is 0.115. The second kappa shape index (κ2) is 6.23.